The lowest BCUT2D eigenvalue weighted by atomic mass is 10.1. The van der Waals surface area contributed by atoms with Gasteiger partial charge in [0.1, 0.15) is 5.69 Å². The third-order valence-electron chi connectivity index (χ3n) is 2.95. The molecular formula is C11H13FN2O3. The van der Waals surface area contributed by atoms with Gasteiger partial charge in [-0.3, -0.25) is 10.1 Å². The number of hydrogen-bond donors (Lipinski definition) is 1. The number of aliphatic hydroxyl groups is 1. The Morgan fingerprint density at radius 2 is 2.06 bits per heavy atom. The summed E-state index contributed by atoms with van der Waals surface area (Å²) in [7, 11) is 0. The summed E-state index contributed by atoms with van der Waals surface area (Å²) in [6.45, 7) is 1.01. The molecule has 0 atom stereocenters. The highest BCUT2D eigenvalue weighted by Crippen LogP contribution is 2.32. The number of nitrogens with zero attached hydrogens (tertiary/aromatic N) is 2. The molecule has 0 unspecified atom stereocenters. The second-order valence-electron chi connectivity index (χ2n) is 4.08. The maximum Gasteiger partial charge on any atom is 0.327 e. The lowest BCUT2D eigenvalue weighted by molar-refractivity contribution is -0.386. The number of hydrogen-bond acceptors (Lipinski definition) is 4. The molecule has 0 amide bonds. The van der Waals surface area contributed by atoms with Crippen LogP contribution in [0.2, 0.25) is 0 Å². The van der Waals surface area contributed by atoms with Crippen molar-refractivity contribution in [2.45, 2.75) is 18.9 Å². The van der Waals surface area contributed by atoms with Crippen LogP contribution in [0.1, 0.15) is 12.8 Å². The first kappa shape index (κ1) is 11.8. The van der Waals surface area contributed by atoms with Gasteiger partial charge in [0.25, 0.3) is 0 Å². The molecule has 1 aliphatic heterocycles. The standard InChI is InChI=1S/C11H13FN2O3/c12-9-2-1-3-10(11(9)14(16)17)13-6-4-8(15)5-7-13/h1-3,8,15H,4-7H2. The average Bonchev–Trinajstić information content (AvgIpc) is 2.29. The van der Waals surface area contributed by atoms with Crippen LogP contribution in [-0.4, -0.2) is 29.2 Å². The van der Waals surface area contributed by atoms with Crippen molar-refractivity contribution in [3.8, 4) is 0 Å². The van der Waals surface area contributed by atoms with Crippen LogP contribution in [0.25, 0.3) is 0 Å². The molecule has 0 saturated carbocycles. The summed E-state index contributed by atoms with van der Waals surface area (Å²) in [5.74, 6) is -0.821. The fourth-order valence-corrected chi connectivity index (χ4v) is 2.05. The van der Waals surface area contributed by atoms with E-state index < -0.39 is 16.4 Å². The van der Waals surface area contributed by atoms with E-state index in [0.717, 1.165) is 6.07 Å². The first-order valence-electron chi connectivity index (χ1n) is 5.45. The minimum absolute atomic E-state index is 0.293. The van der Waals surface area contributed by atoms with Gasteiger partial charge in [-0.15, -0.1) is 0 Å². The Kier molecular flexibility index (Phi) is 3.23. The van der Waals surface area contributed by atoms with E-state index >= 15 is 0 Å². The zero-order valence-electron chi connectivity index (χ0n) is 9.17. The Balaban J connectivity index is 2.32. The maximum absolute atomic E-state index is 13.4. The second kappa shape index (κ2) is 4.67. The number of benzene rings is 1. The monoisotopic (exact) mass is 240 g/mol. The summed E-state index contributed by atoms with van der Waals surface area (Å²) in [4.78, 5) is 11.9. The quantitative estimate of drug-likeness (QED) is 0.631. The van der Waals surface area contributed by atoms with Crippen LogP contribution in [0.3, 0.4) is 0 Å². The molecule has 0 spiro atoms. The van der Waals surface area contributed by atoms with Crippen molar-refractivity contribution < 1.29 is 14.4 Å². The number of nitro benzene ring substituents is 1. The summed E-state index contributed by atoms with van der Waals surface area (Å²) in [6, 6.07) is 4.09. The van der Waals surface area contributed by atoms with E-state index in [0.29, 0.717) is 31.6 Å². The van der Waals surface area contributed by atoms with Gasteiger partial charge in [-0.25, -0.2) is 0 Å². The second-order valence-corrected chi connectivity index (χ2v) is 4.08. The number of anilines is 1. The molecule has 1 fully saturated rings. The van der Waals surface area contributed by atoms with Crippen molar-refractivity contribution in [3.05, 3.63) is 34.1 Å². The van der Waals surface area contributed by atoms with Crippen molar-refractivity contribution in [2.75, 3.05) is 18.0 Å². The molecule has 1 aliphatic rings. The normalized spacial score (nSPS) is 17.2. The zero-order chi connectivity index (χ0) is 12.4. The molecule has 0 radical (unpaired) electrons. The third kappa shape index (κ3) is 2.36. The van der Waals surface area contributed by atoms with Gasteiger partial charge in [-0.2, -0.15) is 4.39 Å². The SMILES string of the molecule is O=[N+]([O-])c1c(F)cccc1N1CCC(O)CC1. The molecule has 2 rings (SSSR count). The minimum Gasteiger partial charge on any atom is -0.393 e. The Hall–Kier alpha value is -1.69. The first-order valence-corrected chi connectivity index (χ1v) is 5.45. The van der Waals surface area contributed by atoms with Gasteiger partial charge in [0.2, 0.25) is 5.82 Å². The number of para-hydroxylation sites is 1. The summed E-state index contributed by atoms with van der Waals surface area (Å²) in [5.41, 5.74) is -0.189. The highest BCUT2D eigenvalue weighted by Gasteiger charge is 2.26. The highest BCUT2D eigenvalue weighted by atomic mass is 19.1. The number of halogens is 1. The van der Waals surface area contributed by atoms with Crippen molar-refractivity contribution >= 4 is 11.4 Å². The average molecular weight is 240 g/mol. The van der Waals surface area contributed by atoms with Crippen molar-refractivity contribution in [3.63, 3.8) is 0 Å². The molecule has 92 valence electrons. The molecule has 0 aromatic heterocycles. The number of nitro groups is 1. The predicted molar refractivity (Wildman–Crippen MR) is 60.5 cm³/mol. The van der Waals surface area contributed by atoms with Crippen LogP contribution in [0, 0.1) is 15.9 Å². The van der Waals surface area contributed by atoms with Crippen LogP contribution < -0.4 is 4.90 Å². The van der Waals surface area contributed by atoms with E-state index in [1.165, 1.54) is 6.07 Å². The Bertz CT molecular complexity index is 431. The van der Waals surface area contributed by atoms with Crippen LogP contribution in [0.15, 0.2) is 18.2 Å². The highest BCUT2D eigenvalue weighted by molar-refractivity contribution is 5.64. The summed E-state index contributed by atoms with van der Waals surface area (Å²) in [6.07, 6.45) is 0.736. The summed E-state index contributed by atoms with van der Waals surface area (Å²) >= 11 is 0. The molecule has 1 saturated heterocycles. The fourth-order valence-electron chi connectivity index (χ4n) is 2.05. The minimum atomic E-state index is -0.821. The maximum atomic E-state index is 13.4. The summed E-state index contributed by atoms with van der Waals surface area (Å²) in [5, 5.41) is 20.2. The molecule has 1 aromatic rings. The molecule has 0 aliphatic carbocycles. The number of aliphatic hydroxyl groups excluding tert-OH is 1. The van der Waals surface area contributed by atoms with E-state index in [1.807, 2.05) is 0 Å². The Morgan fingerprint density at radius 1 is 1.41 bits per heavy atom. The van der Waals surface area contributed by atoms with Gasteiger partial charge in [-0.05, 0) is 25.0 Å². The first-order chi connectivity index (χ1) is 8.09. The topological polar surface area (TPSA) is 66.6 Å². The van der Waals surface area contributed by atoms with Gasteiger partial charge in [0.15, 0.2) is 0 Å². The lowest BCUT2D eigenvalue weighted by Gasteiger charge is -2.30. The lowest BCUT2D eigenvalue weighted by Crippen LogP contribution is -2.36. The van der Waals surface area contributed by atoms with Crippen LogP contribution >= 0.6 is 0 Å². The third-order valence-corrected chi connectivity index (χ3v) is 2.95. The molecule has 5 nitrogen and oxygen atoms in total. The van der Waals surface area contributed by atoms with Crippen LogP contribution in [0.5, 0.6) is 0 Å². The molecule has 1 heterocycles. The molecule has 1 N–H and O–H groups in total. The number of piperidine rings is 1. The molecule has 0 bridgehead atoms. The van der Waals surface area contributed by atoms with E-state index in [1.54, 1.807) is 11.0 Å². The van der Waals surface area contributed by atoms with E-state index in [9.17, 15) is 19.6 Å². The smallest absolute Gasteiger partial charge is 0.327 e. The van der Waals surface area contributed by atoms with Gasteiger partial charge < -0.3 is 10.0 Å². The summed E-state index contributed by atoms with van der Waals surface area (Å²) < 4.78 is 13.4. The van der Waals surface area contributed by atoms with Crippen molar-refractivity contribution in [1.29, 1.82) is 0 Å². The molecule has 6 heteroatoms. The Morgan fingerprint density at radius 3 is 2.65 bits per heavy atom. The zero-order valence-corrected chi connectivity index (χ0v) is 9.17. The van der Waals surface area contributed by atoms with E-state index in [2.05, 4.69) is 0 Å². The van der Waals surface area contributed by atoms with E-state index in [-0.39, 0.29) is 6.10 Å². The Labute approximate surface area is 97.6 Å². The van der Waals surface area contributed by atoms with Gasteiger partial charge in [0, 0.05) is 13.1 Å². The van der Waals surface area contributed by atoms with Crippen molar-refractivity contribution in [2.24, 2.45) is 0 Å². The fraction of sp³-hybridized carbons (Fsp3) is 0.455. The van der Waals surface area contributed by atoms with Crippen LogP contribution in [-0.2, 0) is 0 Å². The van der Waals surface area contributed by atoms with Crippen LogP contribution in [0.4, 0.5) is 15.8 Å². The molecular weight excluding hydrogens is 227 g/mol. The molecule has 17 heavy (non-hydrogen) atoms. The van der Waals surface area contributed by atoms with Crippen molar-refractivity contribution in [1.82, 2.24) is 0 Å². The van der Waals surface area contributed by atoms with Gasteiger partial charge in [0.05, 0.1) is 11.0 Å². The van der Waals surface area contributed by atoms with Gasteiger partial charge in [-0.1, -0.05) is 6.07 Å². The largest absolute Gasteiger partial charge is 0.393 e. The van der Waals surface area contributed by atoms with E-state index in [4.69, 9.17) is 0 Å². The molecule has 1 aromatic carbocycles. The predicted octanol–water partition coefficient (Wildman–Crippen LogP) is 1.69. The van der Waals surface area contributed by atoms with Gasteiger partial charge >= 0.3 is 5.69 Å². The number of rotatable bonds is 2.